The van der Waals surface area contributed by atoms with Gasteiger partial charge in [0.05, 0.1) is 5.75 Å². The van der Waals surface area contributed by atoms with Gasteiger partial charge in [-0.25, -0.2) is 13.1 Å². The Kier molecular flexibility index (Phi) is 5.96. The summed E-state index contributed by atoms with van der Waals surface area (Å²) in [5.74, 6) is -1.42. The van der Waals surface area contributed by atoms with Crippen molar-refractivity contribution in [2.24, 2.45) is 11.8 Å². The minimum absolute atomic E-state index is 0.0242. The summed E-state index contributed by atoms with van der Waals surface area (Å²) in [7, 11) is -3.51. The van der Waals surface area contributed by atoms with Gasteiger partial charge in [0.2, 0.25) is 10.0 Å². The zero-order valence-electron chi connectivity index (χ0n) is 10.2. The van der Waals surface area contributed by atoms with Gasteiger partial charge < -0.3 is 5.11 Å². The lowest BCUT2D eigenvalue weighted by Gasteiger charge is -2.20. The second-order valence-electron chi connectivity index (χ2n) is 4.49. The van der Waals surface area contributed by atoms with Gasteiger partial charge in [0.1, 0.15) is 6.04 Å². The number of sulfonamides is 1. The molecule has 0 aliphatic carbocycles. The van der Waals surface area contributed by atoms with E-state index in [0.29, 0.717) is 6.42 Å². The summed E-state index contributed by atoms with van der Waals surface area (Å²) >= 11 is 0. The van der Waals surface area contributed by atoms with Crippen LogP contribution in [0.3, 0.4) is 0 Å². The molecule has 0 aliphatic heterocycles. The molecule has 0 heterocycles. The van der Waals surface area contributed by atoms with E-state index in [1.54, 1.807) is 20.8 Å². The summed E-state index contributed by atoms with van der Waals surface area (Å²) in [4.78, 5) is 10.9. The molecule has 0 aromatic carbocycles. The molecular formula is C10H21NO4S. The normalized spacial score (nSPS) is 16.1. The molecule has 0 radical (unpaired) electrons. The molecule has 0 rings (SSSR count). The Bertz CT molecular complexity index is 324. The van der Waals surface area contributed by atoms with Crippen LogP contribution < -0.4 is 4.72 Å². The van der Waals surface area contributed by atoms with E-state index in [4.69, 9.17) is 5.11 Å². The van der Waals surface area contributed by atoms with Gasteiger partial charge in [0.15, 0.2) is 0 Å². The minimum Gasteiger partial charge on any atom is -0.480 e. The van der Waals surface area contributed by atoms with Crippen molar-refractivity contribution in [2.75, 3.05) is 5.75 Å². The van der Waals surface area contributed by atoms with E-state index in [1.807, 2.05) is 6.92 Å². The number of rotatable bonds is 7. The van der Waals surface area contributed by atoms with Crippen LogP contribution in [0.1, 0.15) is 34.1 Å². The van der Waals surface area contributed by atoms with Crippen LogP contribution in [0.4, 0.5) is 0 Å². The summed E-state index contributed by atoms with van der Waals surface area (Å²) in [6.07, 6.45) is 0.612. The van der Waals surface area contributed by atoms with E-state index >= 15 is 0 Å². The van der Waals surface area contributed by atoms with Crippen molar-refractivity contribution in [1.82, 2.24) is 4.72 Å². The third kappa shape index (κ3) is 5.46. The monoisotopic (exact) mass is 251 g/mol. The van der Waals surface area contributed by atoms with Crippen LogP contribution in [0.5, 0.6) is 0 Å². The molecule has 0 aromatic rings. The molecule has 0 fully saturated rings. The van der Waals surface area contributed by atoms with Crippen LogP contribution in [0.2, 0.25) is 0 Å². The van der Waals surface area contributed by atoms with Gasteiger partial charge in [-0.05, 0) is 11.8 Å². The highest BCUT2D eigenvalue weighted by atomic mass is 32.2. The summed E-state index contributed by atoms with van der Waals surface area (Å²) in [6, 6.07) is -1.03. The van der Waals surface area contributed by atoms with Gasteiger partial charge in [0, 0.05) is 0 Å². The highest BCUT2D eigenvalue weighted by molar-refractivity contribution is 7.89. The van der Waals surface area contributed by atoms with Crippen LogP contribution in [-0.4, -0.2) is 31.3 Å². The zero-order valence-corrected chi connectivity index (χ0v) is 11.0. The van der Waals surface area contributed by atoms with E-state index in [-0.39, 0.29) is 17.6 Å². The van der Waals surface area contributed by atoms with E-state index in [2.05, 4.69) is 4.72 Å². The predicted octanol–water partition coefficient (Wildman–Crippen LogP) is 1.06. The van der Waals surface area contributed by atoms with Crippen molar-refractivity contribution in [1.29, 1.82) is 0 Å². The predicted molar refractivity (Wildman–Crippen MR) is 62.6 cm³/mol. The molecule has 0 saturated carbocycles. The molecule has 0 bridgehead atoms. The first kappa shape index (κ1) is 15.4. The number of hydrogen-bond acceptors (Lipinski definition) is 3. The largest absolute Gasteiger partial charge is 0.480 e. The van der Waals surface area contributed by atoms with Crippen molar-refractivity contribution in [2.45, 2.75) is 40.2 Å². The maximum absolute atomic E-state index is 11.6. The lowest BCUT2D eigenvalue weighted by atomic mass is 10.0. The Morgan fingerprint density at radius 3 is 2.12 bits per heavy atom. The first-order valence-electron chi connectivity index (χ1n) is 5.42. The second kappa shape index (κ2) is 6.20. The highest BCUT2D eigenvalue weighted by Gasteiger charge is 2.28. The Morgan fingerprint density at radius 2 is 1.81 bits per heavy atom. The van der Waals surface area contributed by atoms with E-state index in [0.717, 1.165) is 0 Å². The molecule has 2 unspecified atom stereocenters. The topological polar surface area (TPSA) is 83.5 Å². The Balaban J connectivity index is 4.70. The minimum atomic E-state index is -3.51. The first-order chi connectivity index (χ1) is 7.19. The van der Waals surface area contributed by atoms with Crippen molar-refractivity contribution in [3.63, 3.8) is 0 Å². The quantitative estimate of drug-likeness (QED) is 0.708. The van der Waals surface area contributed by atoms with Gasteiger partial charge in [-0.2, -0.15) is 0 Å². The van der Waals surface area contributed by atoms with Gasteiger partial charge in [-0.1, -0.05) is 34.1 Å². The summed E-state index contributed by atoms with van der Waals surface area (Å²) in [5, 5.41) is 8.95. The zero-order chi connectivity index (χ0) is 12.9. The molecule has 0 spiro atoms. The Hall–Kier alpha value is -0.620. The van der Waals surface area contributed by atoms with E-state index in [1.165, 1.54) is 0 Å². The molecule has 2 atom stereocenters. The standard InChI is InChI=1S/C10H21NO4S/c1-5-8(4)9(10(12)13)11-16(14,15)6-7(2)3/h7-9,11H,5-6H2,1-4H3,(H,12,13). The smallest absolute Gasteiger partial charge is 0.322 e. The number of carboxylic acid groups (broad SMARTS) is 1. The molecule has 6 heteroatoms. The third-order valence-electron chi connectivity index (χ3n) is 2.34. The number of aliphatic carboxylic acids is 1. The van der Waals surface area contributed by atoms with Crippen LogP contribution >= 0.6 is 0 Å². The van der Waals surface area contributed by atoms with Gasteiger partial charge in [0.25, 0.3) is 0 Å². The molecular weight excluding hydrogens is 230 g/mol. The van der Waals surface area contributed by atoms with Gasteiger partial charge in [-0.3, -0.25) is 4.79 Å². The molecule has 16 heavy (non-hydrogen) atoms. The molecule has 0 aliphatic rings. The number of hydrogen-bond donors (Lipinski definition) is 2. The molecule has 0 amide bonds. The number of carboxylic acids is 1. The van der Waals surface area contributed by atoms with Gasteiger partial charge in [-0.15, -0.1) is 0 Å². The molecule has 5 nitrogen and oxygen atoms in total. The average Bonchev–Trinajstić information content (AvgIpc) is 2.10. The van der Waals surface area contributed by atoms with Gasteiger partial charge >= 0.3 is 5.97 Å². The summed E-state index contributed by atoms with van der Waals surface area (Å²) in [5.41, 5.74) is 0. The van der Waals surface area contributed by atoms with Crippen molar-refractivity contribution >= 4 is 16.0 Å². The second-order valence-corrected chi connectivity index (χ2v) is 6.29. The third-order valence-corrected chi connectivity index (χ3v) is 4.06. The van der Waals surface area contributed by atoms with Crippen LogP contribution in [0.25, 0.3) is 0 Å². The SMILES string of the molecule is CCC(C)C(NS(=O)(=O)CC(C)C)C(=O)O. The highest BCUT2D eigenvalue weighted by Crippen LogP contribution is 2.10. The summed E-state index contributed by atoms with van der Waals surface area (Å²) in [6.45, 7) is 7.10. The average molecular weight is 251 g/mol. The van der Waals surface area contributed by atoms with Crippen LogP contribution in [0.15, 0.2) is 0 Å². The molecule has 96 valence electrons. The Labute approximate surface area is 97.3 Å². The fourth-order valence-corrected chi connectivity index (χ4v) is 3.02. The maximum atomic E-state index is 11.6. The first-order valence-corrected chi connectivity index (χ1v) is 7.07. The Morgan fingerprint density at radius 1 is 1.31 bits per heavy atom. The number of nitrogens with one attached hydrogen (secondary N) is 1. The fourth-order valence-electron chi connectivity index (χ4n) is 1.33. The fraction of sp³-hybridized carbons (Fsp3) is 0.900. The lowest BCUT2D eigenvalue weighted by Crippen LogP contribution is -2.46. The van der Waals surface area contributed by atoms with E-state index in [9.17, 15) is 13.2 Å². The molecule has 0 aromatic heterocycles. The summed E-state index contributed by atoms with van der Waals surface area (Å²) < 4.78 is 25.5. The number of carbonyl (C=O) groups is 1. The van der Waals surface area contributed by atoms with Crippen molar-refractivity contribution in [3.05, 3.63) is 0 Å². The van der Waals surface area contributed by atoms with Crippen LogP contribution in [0, 0.1) is 11.8 Å². The molecule has 0 saturated heterocycles. The van der Waals surface area contributed by atoms with Crippen LogP contribution in [-0.2, 0) is 14.8 Å². The maximum Gasteiger partial charge on any atom is 0.322 e. The lowest BCUT2D eigenvalue weighted by molar-refractivity contribution is -0.140. The van der Waals surface area contributed by atoms with E-state index < -0.39 is 22.0 Å². The molecule has 2 N–H and O–H groups in total. The van der Waals surface area contributed by atoms with Crippen molar-refractivity contribution in [3.8, 4) is 0 Å². The van der Waals surface area contributed by atoms with Crippen molar-refractivity contribution < 1.29 is 18.3 Å².